The van der Waals surface area contributed by atoms with E-state index < -0.39 is 17.7 Å². The van der Waals surface area contributed by atoms with Gasteiger partial charge in [0.15, 0.2) is 0 Å². The SMILES string of the molecule is CC.CC(C)(C)OC(=O)NC1CCCN(c2ccc(Br)cc2)C1=O. The molecule has 1 aromatic rings. The van der Waals surface area contributed by atoms with E-state index in [1.54, 1.807) is 25.7 Å². The molecule has 2 amide bonds. The van der Waals surface area contributed by atoms with Gasteiger partial charge in [0.1, 0.15) is 11.6 Å². The first-order valence-electron chi connectivity index (χ1n) is 8.33. The van der Waals surface area contributed by atoms with Crippen LogP contribution in [0.2, 0.25) is 0 Å². The first-order valence-corrected chi connectivity index (χ1v) is 9.12. The zero-order chi connectivity index (χ0) is 18.3. The molecule has 1 N–H and O–H groups in total. The lowest BCUT2D eigenvalue weighted by molar-refractivity contribution is -0.121. The van der Waals surface area contributed by atoms with Crippen LogP contribution in [0.15, 0.2) is 28.7 Å². The van der Waals surface area contributed by atoms with Crippen LogP contribution in [0, 0.1) is 0 Å². The zero-order valence-corrected chi connectivity index (χ0v) is 16.6. The number of anilines is 1. The molecule has 1 aliphatic rings. The summed E-state index contributed by atoms with van der Waals surface area (Å²) in [5.41, 5.74) is 0.261. The van der Waals surface area contributed by atoms with E-state index in [2.05, 4.69) is 21.2 Å². The molecule has 0 aromatic heterocycles. The minimum Gasteiger partial charge on any atom is -0.444 e. The van der Waals surface area contributed by atoms with Gasteiger partial charge in [-0.3, -0.25) is 4.79 Å². The summed E-state index contributed by atoms with van der Waals surface area (Å²) in [6.07, 6.45) is 0.913. The van der Waals surface area contributed by atoms with Gasteiger partial charge in [0.05, 0.1) is 0 Å². The predicted octanol–water partition coefficient (Wildman–Crippen LogP) is 4.50. The average molecular weight is 399 g/mol. The van der Waals surface area contributed by atoms with E-state index in [4.69, 9.17) is 4.74 Å². The van der Waals surface area contributed by atoms with Crippen LogP contribution >= 0.6 is 15.9 Å². The number of nitrogens with zero attached hydrogens (tertiary/aromatic N) is 1. The van der Waals surface area contributed by atoms with Crippen LogP contribution in [0.3, 0.4) is 0 Å². The molecule has 0 saturated carbocycles. The molecule has 1 saturated heterocycles. The second-order valence-corrected chi connectivity index (χ2v) is 7.22. The van der Waals surface area contributed by atoms with Gasteiger partial charge >= 0.3 is 6.09 Å². The molecule has 1 aromatic carbocycles. The second kappa shape index (κ2) is 9.06. The number of alkyl carbamates (subject to hydrolysis) is 1. The van der Waals surface area contributed by atoms with E-state index in [-0.39, 0.29) is 5.91 Å². The summed E-state index contributed by atoms with van der Waals surface area (Å²) >= 11 is 3.38. The molecule has 0 spiro atoms. The van der Waals surface area contributed by atoms with Crippen molar-refractivity contribution < 1.29 is 14.3 Å². The number of carbonyl (C=O) groups is 2. The van der Waals surface area contributed by atoms with Crippen LogP contribution in [0.25, 0.3) is 0 Å². The van der Waals surface area contributed by atoms with Crippen molar-refractivity contribution in [2.24, 2.45) is 0 Å². The normalized spacial score (nSPS) is 17.7. The highest BCUT2D eigenvalue weighted by atomic mass is 79.9. The monoisotopic (exact) mass is 398 g/mol. The molecular formula is C18H27BrN2O3. The Balaban J connectivity index is 0.00000139. The first kappa shape index (κ1) is 20.5. The number of nitrogens with one attached hydrogen (secondary N) is 1. The van der Waals surface area contributed by atoms with Gasteiger partial charge in [-0.05, 0) is 57.9 Å². The molecule has 1 fully saturated rings. The van der Waals surface area contributed by atoms with Gasteiger partial charge in [-0.2, -0.15) is 0 Å². The fourth-order valence-corrected chi connectivity index (χ4v) is 2.60. The summed E-state index contributed by atoms with van der Waals surface area (Å²) in [7, 11) is 0. The molecule has 24 heavy (non-hydrogen) atoms. The molecule has 2 rings (SSSR count). The van der Waals surface area contributed by atoms with Crippen LogP contribution in [0.4, 0.5) is 10.5 Å². The standard InChI is InChI=1S/C16H21BrN2O3.C2H6/c1-16(2,3)22-15(21)18-13-5-4-10-19(14(13)20)12-8-6-11(17)7-9-12;1-2/h6-9,13H,4-5,10H2,1-3H3,(H,18,21);1-2H3. The predicted molar refractivity (Wildman–Crippen MR) is 100 cm³/mol. The Hall–Kier alpha value is -1.56. The maximum absolute atomic E-state index is 12.6. The van der Waals surface area contributed by atoms with E-state index >= 15 is 0 Å². The molecule has 134 valence electrons. The summed E-state index contributed by atoms with van der Waals surface area (Å²) in [6.45, 7) is 10.0. The Bertz CT molecular complexity index is 552. The fraction of sp³-hybridized carbons (Fsp3) is 0.556. The Kier molecular flexibility index (Phi) is 7.73. The molecule has 1 heterocycles. The maximum Gasteiger partial charge on any atom is 0.408 e. The topological polar surface area (TPSA) is 58.6 Å². The van der Waals surface area contributed by atoms with E-state index in [1.807, 2.05) is 38.1 Å². The van der Waals surface area contributed by atoms with Gasteiger partial charge < -0.3 is 15.0 Å². The van der Waals surface area contributed by atoms with Gasteiger partial charge in [-0.15, -0.1) is 0 Å². The van der Waals surface area contributed by atoms with Gasteiger partial charge in [0, 0.05) is 16.7 Å². The Morgan fingerprint density at radius 3 is 2.38 bits per heavy atom. The molecular weight excluding hydrogens is 372 g/mol. The van der Waals surface area contributed by atoms with Crippen molar-refractivity contribution in [2.75, 3.05) is 11.4 Å². The van der Waals surface area contributed by atoms with E-state index in [9.17, 15) is 9.59 Å². The summed E-state index contributed by atoms with van der Waals surface area (Å²) in [5, 5.41) is 2.67. The number of hydrogen-bond acceptors (Lipinski definition) is 3. The molecule has 5 nitrogen and oxygen atoms in total. The largest absolute Gasteiger partial charge is 0.444 e. The Morgan fingerprint density at radius 1 is 1.25 bits per heavy atom. The third kappa shape index (κ3) is 6.15. The summed E-state index contributed by atoms with van der Waals surface area (Å²) in [5.74, 6) is -0.0977. The highest BCUT2D eigenvalue weighted by molar-refractivity contribution is 9.10. The Labute approximate surface area is 152 Å². The van der Waals surface area contributed by atoms with Crippen molar-refractivity contribution in [1.29, 1.82) is 0 Å². The highest BCUT2D eigenvalue weighted by Gasteiger charge is 2.32. The van der Waals surface area contributed by atoms with E-state index in [0.717, 1.165) is 16.6 Å². The molecule has 0 bridgehead atoms. The van der Waals surface area contributed by atoms with Gasteiger partial charge in [0.25, 0.3) is 0 Å². The summed E-state index contributed by atoms with van der Waals surface area (Å²) in [6, 6.07) is 7.03. The van der Waals surface area contributed by atoms with Crippen LogP contribution in [0.1, 0.15) is 47.5 Å². The number of benzene rings is 1. The number of hydrogen-bond donors (Lipinski definition) is 1. The minimum atomic E-state index is -0.576. The highest BCUT2D eigenvalue weighted by Crippen LogP contribution is 2.23. The molecule has 0 radical (unpaired) electrons. The molecule has 1 aliphatic heterocycles. The number of ether oxygens (including phenoxy) is 1. The van der Waals surface area contributed by atoms with Crippen molar-refractivity contribution >= 4 is 33.6 Å². The summed E-state index contributed by atoms with van der Waals surface area (Å²) < 4.78 is 6.18. The molecule has 1 unspecified atom stereocenters. The van der Waals surface area contributed by atoms with Crippen molar-refractivity contribution in [3.63, 3.8) is 0 Å². The lowest BCUT2D eigenvalue weighted by Crippen LogP contribution is -2.53. The lowest BCUT2D eigenvalue weighted by atomic mass is 10.0. The number of piperidine rings is 1. The third-order valence-electron chi connectivity index (χ3n) is 3.27. The van der Waals surface area contributed by atoms with Gasteiger partial charge in [0.2, 0.25) is 5.91 Å². The number of halogens is 1. The van der Waals surface area contributed by atoms with Crippen LogP contribution < -0.4 is 10.2 Å². The smallest absolute Gasteiger partial charge is 0.408 e. The average Bonchev–Trinajstić information content (AvgIpc) is 2.51. The van der Waals surface area contributed by atoms with Gasteiger partial charge in [-0.25, -0.2) is 4.79 Å². The first-order chi connectivity index (χ1) is 11.3. The maximum atomic E-state index is 12.6. The van der Waals surface area contributed by atoms with Crippen LogP contribution in [-0.2, 0) is 9.53 Å². The fourth-order valence-electron chi connectivity index (χ4n) is 2.34. The third-order valence-corrected chi connectivity index (χ3v) is 3.80. The quantitative estimate of drug-likeness (QED) is 0.797. The van der Waals surface area contributed by atoms with E-state index in [0.29, 0.717) is 13.0 Å². The van der Waals surface area contributed by atoms with Crippen LogP contribution in [0.5, 0.6) is 0 Å². The molecule has 6 heteroatoms. The number of rotatable bonds is 2. The van der Waals surface area contributed by atoms with Crippen molar-refractivity contribution in [3.05, 3.63) is 28.7 Å². The van der Waals surface area contributed by atoms with E-state index in [1.165, 1.54) is 0 Å². The molecule has 0 aliphatic carbocycles. The minimum absolute atomic E-state index is 0.0977. The molecule has 1 atom stereocenters. The van der Waals surface area contributed by atoms with Crippen molar-refractivity contribution in [3.8, 4) is 0 Å². The zero-order valence-electron chi connectivity index (χ0n) is 15.1. The van der Waals surface area contributed by atoms with Crippen molar-refractivity contribution in [2.45, 2.75) is 59.1 Å². The van der Waals surface area contributed by atoms with Crippen LogP contribution in [-0.4, -0.2) is 30.2 Å². The van der Waals surface area contributed by atoms with Gasteiger partial charge in [-0.1, -0.05) is 29.8 Å². The summed E-state index contributed by atoms with van der Waals surface area (Å²) in [4.78, 5) is 26.1. The Morgan fingerprint density at radius 2 is 1.83 bits per heavy atom. The van der Waals surface area contributed by atoms with Crippen molar-refractivity contribution in [1.82, 2.24) is 5.32 Å². The number of carbonyl (C=O) groups excluding carboxylic acids is 2. The number of amides is 2. The lowest BCUT2D eigenvalue weighted by Gasteiger charge is -2.33. The second-order valence-electron chi connectivity index (χ2n) is 6.31.